The van der Waals surface area contributed by atoms with E-state index in [-0.39, 0.29) is 5.57 Å². The number of rotatable bonds is 6. The third kappa shape index (κ3) is 4.42. The molecule has 0 saturated carbocycles. The van der Waals surface area contributed by atoms with Gasteiger partial charge in [0.25, 0.3) is 5.91 Å². The van der Waals surface area contributed by atoms with Gasteiger partial charge in [-0.1, -0.05) is 19.1 Å². The highest BCUT2D eigenvalue weighted by atomic mass is 32.1. The van der Waals surface area contributed by atoms with Gasteiger partial charge >= 0.3 is 0 Å². The van der Waals surface area contributed by atoms with Gasteiger partial charge in [-0.25, -0.2) is 0 Å². The predicted octanol–water partition coefficient (Wildman–Crippen LogP) is 4.83. The van der Waals surface area contributed by atoms with Crippen molar-refractivity contribution >= 4 is 28.3 Å². The first kappa shape index (κ1) is 19.7. The number of benzene rings is 1. The number of carbonyl (C=O) groups excluding carboxylic acids is 1. The monoisotopic (exact) mass is 391 g/mol. The van der Waals surface area contributed by atoms with E-state index in [9.17, 15) is 15.3 Å². The van der Waals surface area contributed by atoms with Gasteiger partial charge < -0.3 is 10.1 Å². The minimum atomic E-state index is -0.496. The second kappa shape index (κ2) is 9.21. The Balaban J connectivity index is 1.77. The molecule has 0 unspecified atom stereocenters. The molecular weight excluding hydrogens is 370 g/mol. The Bertz CT molecular complexity index is 975. The lowest BCUT2D eigenvalue weighted by atomic mass is 9.96. The van der Waals surface area contributed by atoms with E-state index in [1.807, 2.05) is 25.1 Å². The Morgan fingerprint density at radius 2 is 2.00 bits per heavy atom. The number of nitrogens with zero attached hydrogens (tertiary/aromatic N) is 2. The summed E-state index contributed by atoms with van der Waals surface area (Å²) >= 11 is 1.45. The maximum absolute atomic E-state index is 12.6. The number of carbonyl (C=O) groups is 1. The van der Waals surface area contributed by atoms with Crippen LogP contribution in [0.4, 0.5) is 5.00 Å². The van der Waals surface area contributed by atoms with Crippen LogP contribution < -0.4 is 10.1 Å². The summed E-state index contributed by atoms with van der Waals surface area (Å²) in [4.78, 5) is 13.8. The second-order valence-corrected chi connectivity index (χ2v) is 7.67. The molecule has 1 aromatic carbocycles. The Hall–Kier alpha value is -3.09. The highest BCUT2D eigenvalue weighted by Crippen LogP contribution is 2.37. The number of thiophene rings is 1. The summed E-state index contributed by atoms with van der Waals surface area (Å²) in [6, 6.07) is 11.4. The molecule has 0 spiro atoms. The van der Waals surface area contributed by atoms with Gasteiger partial charge in [0.15, 0.2) is 0 Å². The molecule has 0 aliphatic heterocycles. The van der Waals surface area contributed by atoms with Crippen LogP contribution in [0.5, 0.6) is 5.75 Å². The zero-order chi connectivity index (χ0) is 19.9. The molecule has 142 valence electrons. The summed E-state index contributed by atoms with van der Waals surface area (Å²) in [6.07, 6.45) is 6.45. The first-order valence-electron chi connectivity index (χ1n) is 9.37. The van der Waals surface area contributed by atoms with E-state index in [0.29, 0.717) is 17.2 Å². The molecule has 0 radical (unpaired) electrons. The van der Waals surface area contributed by atoms with Gasteiger partial charge in [-0.2, -0.15) is 10.5 Å². The standard InChI is InChI=1S/C22H21N3O2S/c1-2-11-27-17-9-7-15(8-10-17)12-16(13-23)21(26)25-22-19(14-24)18-5-3-4-6-20(18)28-22/h7-10,12H,2-6,11H2,1H3,(H,25,26)/b16-12+. The maximum Gasteiger partial charge on any atom is 0.266 e. The molecule has 3 rings (SSSR count). The molecule has 1 aromatic heterocycles. The number of fused-ring (bicyclic) bond motifs is 1. The van der Waals surface area contributed by atoms with Gasteiger partial charge in [0.05, 0.1) is 12.2 Å². The van der Waals surface area contributed by atoms with Crippen molar-refractivity contribution < 1.29 is 9.53 Å². The molecule has 1 heterocycles. The Labute approximate surface area is 168 Å². The SMILES string of the molecule is CCCOc1ccc(/C=C(\C#N)C(=O)Nc2sc3c(c2C#N)CCCC3)cc1. The number of aryl methyl sites for hydroxylation is 1. The van der Waals surface area contributed by atoms with E-state index in [4.69, 9.17) is 4.74 Å². The molecule has 0 bridgehead atoms. The van der Waals surface area contributed by atoms with E-state index in [2.05, 4.69) is 11.4 Å². The molecular formula is C22H21N3O2S. The molecule has 0 fully saturated rings. The van der Waals surface area contributed by atoms with E-state index in [1.165, 1.54) is 16.2 Å². The number of nitrogens with one attached hydrogen (secondary N) is 1. The first-order chi connectivity index (χ1) is 13.7. The molecule has 1 aliphatic carbocycles. The van der Waals surface area contributed by atoms with Crippen LogP contribution in [0.1, 0.15) is 47.8 Å². The summed E-state index contributed by atoms with van der Waals surface area (Å²) in [6.45, 7) is 2.68. The van der Waals surface area contributed by atoms with Gasteiger partial charge in [-0.05, 0) is 61.4 Å². The van der Waals surface area contributed by atoms with Crippen molar-refractivity contribution in [1.29, 1.82) is 10.5 Å². The third-order valence-corrected chi connectivity index (χ3v) is 5.75. The largest absolute Gasteiger partial charge is 0.494 e. The van der Waals surface area contributed by atoms with E-state index < -0.39 is 5.91 Å². The van der Waals surface area contributed by atoms with Gasteiger partial charge in [0, 0.05) is 4.88 Å². The fourth-order valence-electron chi connectivity index (χ4n) is 3.14. The third-order valence-electron chi connectivity index (χ3n) is 4.54. The average Bonchev–Trinajstić information content (AvgIpc) is 3.08. The van der Waals surface area contributed by atoms with Crippen LogP contribution in [-0.2, 0) is 17.6 Å². The van der Waals surface area contributed by atoms with Crippen LogP contribution in [0, 0.1) is 22.7 Å². The Kier molecular flexibility index (Phi) is 6.47. The lowest BCUT2D eigenvalue weighted by molar-refractivity contribution is -0.112. The number of anilines is 1. The average molecular weight is 391 g/mol. The van der Waals surface area contributed by atoms with Crippen molar-refractivity contribution in [3.05, 3.63) is 51.4 Å². The van der Waals surface area contributed by atoms with Crippen molar-refractivity contribution in [2.24, 2.45) is 0 Å². The summed E-state index contributed by atoms with van der Waals surface area (Å²) in [5, 5.41) is 22.3. The molecule has 28 heavy (non-hydrogen) atoms. The number of nitriles is 2. The van der Waals surface area contributed by atoms with Crippen molar-refractivity contribution in [3.63, 3.8) is 0 Å². The fraction of sp³-hybridized carbons (Fsp3) is 0.318. The van der Waals surface area contributed by atoms with Crippen molar-refractivity contribution in [2.75, 3.05) is 11.9 Å². The smallest absolute Gasteiger partial charge is 0.266 e. The van der Waals surface area contributed by atoms with Crippen LogP contribution in [0.2, 0.25) is 0 Å². The molecule has 5 nitrogen and oxygen atoms in total. The highest BCUT2D eigenvalue weighted by molar-refractivity contribution is 7.16. The zero-order valence-electron chi connectivity index (χ0n) is 15.7. The van der Waals surface area contributed by atoms with Crippen molar-refractivity contribution in [2.45, 2.75) is 39.0 Å². The summed E-state index contributed by atoms with van der Waals surface area (Å²) < 4.78 is 5.54. The lowest BCUT2D eigenvalue weighted by Crippen LogP contribution is -2.13. The van der Waals surface area contributed by atoms with Crippen molar-refractivity contribution in [3.8, 4) is 17.9 Å². The number of ether oxygens (including phenoxy) is 1. The normalized spacial score (nSPS) is 13.2. The molecule has 1 aliphatic rings. The molecule has 6 heteroatoms. The maximum atomic E-state index is 12.6. The minimum absolute atomic E-state index is 0.00233. The van der Waals surface area contributed by atoms with Crippen LogP contribution >= 0.6 is 11.3 Å². The van der Waals surface area contributed by atoms with Gasteiger partial charge in [0.1, 0.15) is 28.5 Å². The molecule has 1 amide bonds. The first-order valence-corrected chi connectivity index (χ1v) is 10.2. The molecule has 0 saturated heterocycles. The number of hydrogen-bond acceptors (Lipinski definition) is 5. The molecule has 1 N–H and O–H groups in total. The zero-order valence-corrected chi connectivity index (χ0v) is 16.6. The van der Waals surface area contributed by atoms with E-state index >= 15 is 0 Å². The minimum Gasteiger partial charge on any atom is -0.494 e. The van der Waals surface area contributed by atoms with E-state index in [1.54, 1.807) is 18.2 Å². The van der Waals surface area contributed by atoms with Gasteiger partial charge in [-0.3, -0.25) is 4.79 Å². The molecule has 0 atom stereocenters. The van der Waals surface area contributed by atoms with Crippen molar-refractivity contribution in [1.82, 2.24) is 0 Å². The van der Waals surface area contributed by atoms with E-state index in [0.717, 1.165) is 49.0 Å². The second-order valence-electron chi connectivity index (χ2n) is 6.57. The highest BCUT2D eigenvalue weighted by Gasteiger charge is 2.22. The summed E-state index contributed by atoms with van der Waals surface area (Å²) in [5.74, 6) is 0.258. The predicted molar refractivity (Wildman–Crippen MR) is 110 cm³/mol. The van der Waals surface area contributed by atoms with Crippen LogP contribution in [0.25, 0.3) is 6.08 Å². The Morgan fingerprint density at radius 3 is 2.68 bits per heavy atom. The molecule has 2 aromatic rings. The quantitative estimate of drug-likeness (QED) is 0.564. The van der Waals surface area contributed by atoms with Gasteiger partial charge in [0.2, 0.25) is 0 Å². The summed E-state index contributed by atoms with van der Waals surface area (Å²) in [5.41, 5.74) is 2.33. The van der Waals surface area contributed by atoms with Crippen LogP contribution in [-0.4, -0.2) is 12.5 Å². The summed E-state index contributed by atoms with van der Waals surface area (Å²) in [7, 11) is 0. The van der Waals surface area contributed by atoms with Crippen LogP contribution in [0.3, 0.4) is 0 Å². The number of hydrogen-bond donors (Lipinski definition) is 1. The van der Waals surface area contributed by atoms with Crippen LogP contribution in [0.15, 0.2) is 29.8 Å². The Morgan fingerprint density at radius 1 is 1.25 bits per heavy atom. The number of amides is 1. The lowest BCUT2D eigenvalue weighted by Gasteiger charge is -2.09. The topological polar surface area (TPSA) is 85.9 Å². The van der Waals surface area contributed by atoms with Gasteiger partial charge in [-0.15, -0.1) is 11.3 Å². The fourth-order valence-corrected chi connectivity index (χ4v) is 4.37.